The second-order valence-electron chi connectivity index (χ2n) is 6.62. The van der Waals surface area contributed by atoms with Crippen molar-refractivity contribution < 1.29 is 9.84 Å². The number of nitrogens with one attached hydrogen (secondary N) is 1. The van der Waals surface area contributed by atoms with Crippen LogP contribution < -0.4 is 5.32 Å². The van der Waals surface area contributed by atoms with Crippen LogP contribution in [0.2, 0.25) is 0 Å². The van der Waals surface area contributed by atoms with Gasteiger partial charge >= 0.3 is 0 Å². The number of aromatic hydroxyl groups is 1. The first-order chi connectivity index (χ1) is 11.0. The number of anilines is 1. The van der Waals surface area contributed by atoms with Crippen LogP contribution in [0.5, 0.6) is 5.75 Å². The van der Waals surface area contributed by atoms with Crippen molar-refractivity contribution in [2.75, 3.05) is 11.9 Å². The molecule has 0 radical (unpaired) electrons. The Labute approximate surface area is 144 Å². The molecule has 0 bridgehead atoms. The predicted molar refractivity (Wildman–Crippen MR) is 94.9 cm³/mol. The largest absolute Gasteiger partial charge is 0.508 e. The Morgan fingerprint density at radius 3 is 2.83 bits per heavy atom. The van der Waals surface area contributed by atoms with Gasteiger partial charge in [0, 0.05) is 28.2 Å². The van der Waals surface area contributed by atoms with Crippen LogP contribution in [-0.2, 0) is 4.74 Å². The maximum absolute atomic E-state index is 9.92. The number of benzene rings is 2. The average Bonchev–Trinajstić information content (AvgIpc) is 2.99. The molecule has 3 nitrogen and oxygen atoms in total. The van der Waals surface area contributed by atoms with Gasteiger partial charge in [-0.2, -0.15) is 0 Å². The van der Waals surface area contributed by atoms with E-state index in [0.29, 0.717) is 11.7 Å². The Morgan fingerprint density at radius 1 is 1.17 bits per heavy atom. The van der Waals surface area contributed by atoms with Gasteiger partial charge in [0.2, 0.25) is 0 Å². The summed E-state index contributed by atoms with van der Waals surface area (Å²) < 4.78 is 7.12. The van der Waals surface area contributed by atoms with Gasteiger partial charge < -0.3 is 15.2 Å². The van der Waals surface area contributed by atoms with Crippen LogP contribution in [-0.4, -0.2) is 11.7 Å². The zero-order chi connectivity index (χ0) is 16.1. The highest BCUT2D eigenvalue weighted by Gasteiger charge is 2.42. The van der Waals surface area contributed by atoms with Crippen molar-refractivity contribution >= 4 is 21.6 Å². The van der Waals surface area contributed by atoms with E-state index < -0.39 is 0 Å². The molecule has 0 amide bonds. The van der Waals surface area contributed by atoms with E-state index in [1.165, 1.54) is 22.4 Å². The molecule has 1 unspecified atom stereocenters. The highest BCUT2D eigenvalue weighted by molar-refractivity contribution is 9.10. The van der Waals surface area contributed by atoms with Crippen LogP contribution in [0.3, 0.4) is 0 Å². The SMILES string of the molecule is Cc1cc(C)c2c(c1)[C@H]1OCC[C@H]1C(c1cc(O)ccc1Br)N2. The van der Waals surface area contributed by atoms with Crippen molar-refractivity contribution in [2.24, 2.45) is 5.92 Å². The first-order valence-electron chi connectivity index (χ1n) is 8.02. The van der Waals surface area contributed by atoms with Crippen molar-refractivity contribution in [3.8, 4) is 5.75 Å². The summed E-state index contributed by atoms with van der Waals surface area (Å²) in [5.41, 5.74) is 6.07. The predicted octanol–water partition coefficient (Wildman–Crippen LogP) is 5.02. The molecule has 4 heteroatoms. The molecule has 0 saturated carbocycles. The summed E-state index contributed by atoms with van der Waals surface area (Å²) in [5, 5.41) is 13.6. The molecule has 2 heterocycles. The summed E-state index contributed by atoms with van der Waals surface area (Å²) in [6, 6.07) is 10.1. The van der Waals surface area contributed by atoms with E-state index >= 15 is 0 Å². The number of phenolic OH excluding ortho intramolecular Hbond substituents is 1. The second kappa shape index (κ2) is 5.53. The van der Waals surface area contributed by atoms with Crippen LogP contribution in [0.25, 0.3) is 0 Å². The second-order valence-corrected chi connectivity index (χ2v) is 7.47. The van der Waals surface area contributed by atoms with E-state index in [2.05, 4.69) is 47.2 Å². The quantitative estimate of drug-likeness (QED) is 0.737. The molecule has 1 saturated heterocycles. The van der Waals surface area contributed by atoms with Gasteiger partial charge in [0.1, 0.15) is 5.75 Å². The van der Waals surface area contributed by atoms with Crippen LogP contribution in [0.15, 0.2) is 34.8 Å². The molecule has 23 heavy (non-hydrogen) atoms. The van der Waals surface area contributed by atoms with Crippen LogP contribution >= 0.6 is 15.9 Å². The van der Waals surface area contributed by atoms with Crippen molar-refractivity contribution in [1.82, 2.24) is 0 Å². The van der Waals surface area contributed by atoms with E-state index in [9.17, 15) is 5.11 Å². The molecule has 0 aromatic heterocycles. The molecular weight excluding hydrogens is 354 g/mol. The Bertz CT molecular complexity index is 774. The number of ether oxygens (including phenoxy) is 1. The minimum Gasteiger partial charge on any atom is -0.508 e. The van der Waals surface area contributed by atoms with E-state index in [1.807, 2.05) is 12.1 Å². The molecular formula is C19H20BrNO2. The molecule has 0 spiro atoms. The molecule has 0 aliphatic carbocycles. The third-order valence-electron chi connectivity index (χ3n) is 5.00. The lowest BCUT2D eigenvalue weighted by atomic mass is 9.80. The normalized spacial score (nSPS) is 25.6. The first kappa shape index (κ1) is 15.0. The number of rotatable bonds is 1. The van der Waals surface area contributed by atoms with Crippen molar-refractivity contribution in [2.45, 2.75) is 32.4 Å². The summed E-state index contributed by atoms with van der Waals surface area (Å²) in [6.45, 7) is 5.06. The molecule has 120 valence electrons. The molecule has 3 atom stereocenters. The van der Waals surface area contributed by atoms with Gasteiger partial charge in [-0.1, -0.05) is 33.6 Å². The van der Waals surface area contributed by atoms with Crippen LogP contribution in [0.1, 0.15) is 40.8 Å². The average molecular weight is 374 g/mol. The van der Waals surface area contributed by atoms with Gasteiger partial charge in [-0.15, -0.1) is 0 Å². The van der Waals surface area contributed by atoms with Gasteiger partial charge in [0.25, 0.3) is 0 Å². The summed E-state index contributed by atoms with van der Waals surface area (Å²) >= 11 is 3.64. The Morgan fingerprint density at radius 2 is 2.00 bits per heavy atom. The van der Waals surface area contributed by atoms with E-state index in [-0.39, 0.29) is 12.1 Å². The summed E-state index contributed by atoms with van der Waals surface area (Å²) in [5.74, 6) is 0.675. The minimum atomic E-state index is 0.129. The highest BCUT2D eigenvalue weighted by Crippen LogP contribution is 2.52. The fraction of sp³-hybridized carbons (Fsp3) is 0.368. The fourth-order valence-electron chi connectivity index (χ4n) is 4.03. The Balaban J connectivity index is 1.85. The number of aryl methyl sites for hydroxylation is 2. The number of halogens is 1. The molecule has 2 aromatic rings. The van der Waals surface area contributed by atoms with Crippen LogP contribution in [0.4, 0.5) is 5.69 Å². The van der Waals surface area contributed by atoms with E-state index in [1.54, 1.807) is 6.07 Å². The fourth-order valence-corrected chi connectivity index (χ4v) is 4.52. The van der Waals surface area contributed by atoms with E-state index in [4.69, 9.17) is 4.74 Å². The van der Waals surface area contributed by atoms with E-state index in [0.717, 1.165) is 23.1 Å². The number of hydrogen-bond acceptors (Lipinski definition) is 3. The molecule has 4 rings (SSSR count). The van der Waals surface area contributed by atoms with Gasteiger partial charge in [-0.3, -0.25) is 0 Å². The molecule has 2 aliphatic heterocycles. The van der Waals surface area contributed by atoms with Gasteiger partial charge in [0.15, 0.2) is 0 Å². The van der Waals surface area contributed by atoms with Crippen molar-refractivity contribution in [3.05, 3.63) is 57.1 Å². The topological polar surface area (TPSA) is 41.5 Å². The third kappa shape index (κ3) is 2.45. The summed E-state index contributed by atoms with van der Waals surface area (Å²) in [6.07, 6.45) is 1.15. The Kier molecular flexibility index (Phi) is 3.62. The minimum absolute atomic E-state index is 0.129. The zero-order valence-corrected chi connectivity index (χ0v) is 14.9. The number of fused-ring (bicyclic) bond motifs is 3. The Hall–Kier alpha value is -1.52. The lowest BCUT2D eigenvalue weighted by Gasteiger charge is -2.38. The maximum Gasteiger partial charge on any atom is 0.116 e. The summed E-state index contributed by atoms with van der Waals surface area (Å²) in [7, 11) is 0. The van der Waals surface area contributed by atoms with Crippen LogP contribution in [0, 0.1) is 19.8 Å². The number of hydrogen-bond donors (Lipinski definition) is 2. The number of phenols is 1. The standard InChI is InChI=1S/C19H20BrNO2/c1-10-7-11(2)17-15(8-10)19-13(5-6-23-19)18(21-17)14-9-12(22)3-4-16(14)20/h3-4,7-9,13,18-19,21-22H,5-6H2,1-2H3/t13-,18?,19-/m0/s1. The smallest absolute Gasteiger partial charge is 0.116 e. The van der Waals surface area contributed by atoms with Crippen molar-refractivity contribution in [1.29, 1.82) is 0 Å². The molecule has 2 aliphatic rings. The summed E-state index contributed by atoms with van der Waals surface area (Å²) in [4.78, 5) is 0. The third-order valence-corrected chi connectivity index (χ3v) is 5.72. The lowest BCUT2D eigenvalue weighted by Crippen LogP contribution is -2.30. The first-order valence-corrected chi connectivity index (χ1v) is 8.81. The highest BCUT2D eigenvalue weighted by atomic mass is 79.9. The molecule has 2 N–H and O–H groups in total. The monoisotopic (exact) mass is 373 g/mol. The lowest BCUT2D eigenvalue weighted by molar-refractivity contribution is 0.0827. The van der Waals surface area contributed by atoms with Gasteiger partial charge in [0.05, 0.1) is 12.1 Å². The van der Waals surface area contributed by atoms with Gasteiger partial charge in [-0.25, -0.2) is 0 Å². The van der Waals surface area contributed by atoms with Crippen molar-refractivity contribution in [3.63, 3.8) is 0 Å². The molecule has 1 fully saturated rings. The zero-order valence-electron chi connectivity index (χ0n) is 13.3. The van der Waals surface area contributed by atoms with Gasteiger partial charge in [-0.05, 0) is 49.6 Å². The molecule has 2 aromatic carbocycles. The maximum atomic E-state index is 9.92.